The van der Waals surface area contributed by atoms with Crippen LogP contribution in [-0.2, 0) is 17.6 Å². The molecule has 0 fully saturated rings. The largest absolute Gasteiger partial charge is 0.381 e. The van der Waals surface area contributed by atoms with Crippen LogP contribution in [0.4, 0.5) is 5.82 Å². The number of ether oxygens (including phenoxy) is 1. The molecule has 0 bridgehead atoms. The van der Waals surface area contributed by atoms with E-state index >= 15 is 0 Å². The molecule has 0 aliphatic rings. The highest BCUT2D eigenvalue weighted by atomic mass is 16.5. The fourth-order valence-corrected chi connectivity index (χ4v) is 1.89. The molecule has 0 saturated carbocycles. The second kappa shape index (κ2) is 8.03. The number of rotatable bonds is 8. The predicted octanol–water partition coefficient (Wildman–Crippen LogP) is 2.75. The molecule has 0 saturated heterocycles. The molecule has 1 N–H and O–H groups in total. The molecule has 0 spiro atoms. The van der Waals surface area contributed by atoms with Gasteiger partial charge in [0.05, 0.1) is 6.61 Å². The van der Waals surface area contributed by atoms with E-state index in [9.17, 15) is 0 Å². The zero-order valence-corrected chi connectivity index (χ0v) is 12.0. The van der Waals surface area contributed by atoms with Gasteiger partial charge in [-0.2, -0.15) is 0 Å². The maximum Gasteiger partial charge on any atom is 0.133 e. The minimum Gasteiger partial charge on any atom is -0.381 e. The monoisotopic (exact) mass is 251 g/mol. The molecule has 18 heavy (non-hydrogen) atoms. The van der Waals surface area contributed by atoms with Crippen LogP contribution < -0.4 is 5.32 Å². The Labute approximate surface area is 110 Å². The summed E-state index contributed by atoms with van der Waals surface area (Å²) >= 11 is 0. The molecular formula is C14H25N3O. The molecule has 0 atom stereocenters. The lowest BCUT2D eigenvalue weighted by Gasteiger charge is -2.13. The van der Waals surface area contributed by atoms with E-state index in [0.717, 1.165) is 49.8 Å². The van der Waals surface area contributed by atoms with Crippen LogP contribution in [0.2, 0.25) is 0 Å². The Kier molecular flexibility index (Phi) is 6.65. The quantitative estimate of drug-likeness (QED) is 0.722. The molecule has 0 amide bonds. The molecule has 0 aliphatic heterocycles. The van der Waals surface area contributed by atoms with E-state index in [4.69, 9.17) is 4.74 Å². The Morgan fingerprint density at radius 2 is 1.94 bits per heavy atom. The van der Waals surface area contributed by atoms with E-state index in [1.807, 2.05) is 6.92 Å². The van der Waals surface area contributed by atoms with Gasteiger partial charge < -0.3 is 10.1 Å². The molecule has 0 aromatic carbocycles. The zero-order chi connectivity index (χ0) is 13.4. The lowest BCUT2D eigenvalue weighted by atomic mass is 10.1. The summed E-state index contributed by atoms with van der Waals surface area (Å²) in [5, 5.41) is 3.39. The Bertz CT molecular complexity index is 366. The van der Waals surface area contributed by atoms with Gasteiger partial charge in [-0.3, -0.25) is 0 Å². The third-order valence-electron chi connectivity index (χ3n) is 2.83. The number of nitrogens with zero attached hydrogens (tertiary/aromatic N) is 2. The lowest BCUT2D eigenvalue weighted by molar-refractivity contribution is 0.149. The molecule has 102 valence electrons. The van der Waals surface area contributed by atoms with Gasteiger partial charge in [0.2, 0.25) is 0 Å². The summed E-state index contributed by atoms with van der Waals surface area (Å²) < 4.78 is 5.35. The summed E-state index contributed by atoms with van der Waals surface area (Å²) in [4.78, 5) is 9.16. The average molecular weight is 251 g/mol. The first-order valence-corrected chi connectivity index (χ1v) is 6.90. The minimum absolute atomic E-state index is 0.689. The number of aryl methyl sites for hydroxylation is 1. The van der Waals surface area contributed by atoms with Crippen LogP contribution in [0, 0.1) is 6.92 Å². The van der Waals surface area contributed by atoms with Crippen LogP contribution in [0.25, 0.3) is 0 Å². The van der Waals surface area contributed by atoms with Crippen molar-refractivity contribution in [1.82, 2.24) is 9.97 Å². The van der Waals surface area contributed by atoms with Crippen molar-refractivity contribution in [3.05, 3.63) is 17.1 Å². The van der Waals surface area contributed by atoms with Gasteiger partial charge in [-0.1, -0.05) is 13.8 Å². The molecule has 1 rings (SSSR count). The number of nitrogens with one attached hydrogen (secondary N) is 1. The SMILES string of the molecule is CCCNc1nc(CCOCC)nc(C)c1CC. The summed E-state index contributed by atoms with van der Waals surface area (Å²) in [6.07, 6.45) is 2.84. The zero-order valence-electron chi connectivity index (χ0n) is 12.0. The van der Waals surface area contributed by atoms with Gasteiger partial charge >= 0.3 is 0 Å². The van der Waals surface area contributed by atoms with Gasteiger partial charge in [0.1, 0.15) is 11.6 Å². The second-order valence-corrected chi connectivity index (χ2v) is 4.28. The Balaban J connectivity index is 2.83. The lowest BCUT2D eigenvalue weighted by Crippen LogP contribution is -2.12. The molecular weight excluding hydrogens is 226 g/mol. The van der Waals surface area contributed by atoms with Gasteiger partial charge in [0.15, 0.2) is 0 Å². The van der Waals surface area contributed by atoms with E-state index in [2.05, 4.69) is 36.1 Å². The molecule has 1 aromatic rings. The molecule has 0 aliphatic carbocycles. The number of hydrogen-bond acceptors (Lipinski definition) is 4. The maximum atomic E-state index is 5.35. The standard InChI is InChI=1S/C14H25N3O/c1-5-9-15-14-12(6-2)11(4)16-13(17-14)8-10-18-7-3/h5-10H2,1-4H3,(H,15,16,17). The van der Waals surface area contributed by atoms with Crippen LogP contribution in [0.3, 0.4) is 0 Å². The van der Waals surface area contributed by atoms with Gasteiger partial charge in [0.25, 0.3) is 0 Å². The van der Waals surface area contributed by atoms with Gasteiger partial charge in [-0.25, -0.2) is 9.97 Å². The summed E-state index contributed by atoms with van der Waals surface area (Å²) in [5.41, 5.74) is 2.31. The molecule has 4 nitrogen and oxygen atoms in total. The van der Waals surface area contributed by atoms with Crippen LogP contribution in [0.1, 0.15) is 44.3 Å². The number of hydrogen-bond donors (Lipinski definition) is 1. The van der Waals surface area contributed by atoms with Crippen LogP contribution in [0.15, 0.2) is 0 Å². The Hall–Kier alpha value is -1.16. The van der Waals surface area contributed by atoms with Crippen molar-refractivity contribution in [1.29, 1.82) is 0 Å². The third kappa shape index (κ3) is 4.26. The first-order valence-electron chi connectivity index (χ1n) is 6.90. The predicted molar refractivity (Wildman–Crippen MR) is 75.1 cm³/mol. The van der Waals surface area contributed by atoms with Crippen molar-refractivity contribution >= 4 is 5.82 Å². The number of aromatic nitrogens is 2. The Morgan fingerprint density at radius 1 is 1.17 bits per heavy atom. The Morgan fingerprint density at radius 3 is 2.56 bits per heavy atom. The highest BCUT2D eigenvalue weighted by molar-refractivity contribution is 5.46. The number of anilines is 1. The normalized spacial score (nSPS) is 10.7. The van der Waals surface area contributed by atoms with Gasteiger partial charge in [-0.05, 0) is 26.7 Å². The van der Waals surface area contributed by atoms with E-state index < -0.39 is 0 Å². The van der Waals surface area contributed by atoms with Crippen molar-refractivity contribution in [2.45, 2.75) is 47.0 Å². The summed E-state index contributed by atoms with van der Waals surface area (Å²) in [7, 11) is 0. The topological polar surface area (TPSA) is 47.0 Å². The van der Waals surface area contributed by atoms with Crippen LogP contribution >= 0.6 is 0 Å². The van der Waals surface area contributed by atoms with E-state index in [1.54, 1.807) is 0 Å². The summed E-state index contributed by atoms with van der Waals surface area (Å²) in [6, 6.07) is 0. The molecule has 4 heteroatoms. The smallest absolute Gasteiger partial charge is 0.133 e. The minimum atomic E-state index is 0.689. The van der Waals surface area contributed by atoms with Crippen molar-refractivity contribution in [3.8, 4) is 0 Å². The second-order valence-electron chi connectivity index (χ2n) is 4.28. The van der Waals surface area contributed by atoms with Crippen molar-refractivity contribution < 1.29 is 4.74 Å². The van der Waals surface area contributed by atoms with E-state index in [0.29, 0.717) is 6.61 Å². The summed E-state index contributed by atoms with van der Waals surface area (Å²) in [5.74, 6) is 1.87. The highest BCUT2D eigenvalue weighted by Crippen LogP contribution is 2.17. The van der Waals surface area contributed by atoms with E-state index in [-0.39, 0.29) is 0 Å². The van der Waals surface area contributed by atoms with Gasteiger partial charge in [-0.15, -0.1) is 0 Å². The van der Waals surface area contributed by atoms with Crippen LogP contribution in [0.5, 0.6) is 0 Å². The first-order chi connectivity index (χ1) is 8.72. The fourth-order valence-electron chi connectivity index (χ4n) is 1.89. The van der Waals surface area contributed by atoms with Crippen molar-refractivity contribution in [2.24, 2.45) is 0 Å². The highest BCUT2D eigenvalue weighted by Gasteiger charge is 2.09. The molecule has 0 radical (unpaired) electrons. The van der Waals surface area contributed by atoms with E-state index in [1.165, 1.54) is 5.56 Å². The third-order valence-corrected chi connectivity index (χ3v) is 2.83. The molecule has 1 aromatic heterocycles. The first kappa shape index (κ1) is 14.9. The maximum absolute atomic E-state index is 5.35. The van der Waals surface area contributed by atoms with Crippen molar-refractivity contribution in [2.75, 3.05) is 25.1 Å². The molecule has 1 heterocycles. The fraction of sp³-hybridized carbons (Fsp3) is 0.714. The molecule has 0 unspecified atom stereocenters. The van der Waals surface area contributed by atoms with Crippen LogP contribution in [-0.4, -0.2) is 29.7 Å². The van der Waals surface area contributed by atoms with Crippen molar-refractivity contribution in [3.63, 3.8) is 0 Å². The average Bonchev–Trinajstić information content (AvgIpc) is 2.36. The summed E-state index contributed by atoms with van der Waals surface area (Å²) in [6.45, 7) is 10.7. The van der Waals surface area contributed by atoms with Gasteiger partial charge in [0, 0.05) is 30.8 Å².